The Kier molecular flexibility index (Phi) is 7.46. The van der Waals surface area contributed by atoms with Gasteiger partial charge in [-0.3, -0.25) is 0 Å². The molecular weight excluding hydrogens is 338 g/mol. The first kappa shape index (κ1) is 19.8. The smallest absolute Gasteiger partial charge is 0.335 e. The van der Waals surface area contributed by atoms with Gasteiger partial charge in [0.2, 0.25) is 5.88 Å². The summed E-state index contributed by atoms with van der Waals surface area (Å²) < 4.78 is 12.5. The van der Waals surface area contributed by atoms with Gasteiger partial charge in [-0.2, -0.15) is 5.10 Å². The van der Waals surface area contributed by atoms with Gasteiger partial charge in [0, 0.05) is 12.7 Å². The third-order valence-corrected chi connectivity index (χ3v) is 3.80. The highest BCUT2D eigenvalue weighted by Crippen LogP contribution is 2.12. The molecule has 142 valence electrons. The van der Waals surface area contributed by atoms with E-state index in [2.05, 4.69) is 20.3 Å². The van der Waals surface area contributed by atoms with E-state index in [9.17, 15) is 4.79 Å². The van der Waals surface area contributed by atoms with Crippen molar-refractivity contribution in [3.63, 3.8) is 0 Å². The van der Waals surface area contributed by atoms with Crippen LogP contribution in [-0.2, 0) is 9.53 Å². The Morgan fingerprint density at radius 3 is 2.46 bits per heavy atom. The first-order chi connectivity index (χ1) is 12.5. The molecule has 1 N–H and O–H groups in total. The average Bonchev–Trinajstić information content (AvgIpc) is 3.15. The maximum absolute atomic E-state index is 10.9. The van der Waals surface area contributed by atoms with Crippen LogP contribution in [0.25, 0.3) is 5.82 Å². The topological polar surface area (TPSA) is 112 Å². The van der Waals surface area contributed by atoms with Crippen molar-refractivity contribution in [3.8, 4) is 11.7 Å². The fourth-order valence-corrected chi connectivity index (χ4v) is 2.14. The lowest BCUT2D eigenvalue weighted by Crippen LogP contribution is -2.35. The zero-order chi connectivity index (χ0) is 18.8. The second-order valence-corrected chi connectivity index (χ2v) is 6.35. The van der Waals surface area contributed by atoms with Crippen LogP contribution in [0.1, 0.15) is 46.0 Å². The molecule has 2 rings (SSSR count). The van der Waals surface area contributed by atoms with Crippen molar-refractivity contribution >= 4 is 5.97 Å². The number of carboxylic acid groups (broad SMARTS) is 1. The largest absolute Gasteiger partial charge is 0.479 e. The Hall–Kier alpha value is -2.55. The van der Waals surface area contributed by atoms with Crippen LogP contribution in [0.4, 0.5) is 0 Å². The van der Waals surface area contributed by atoms with Gasteiger partial charge in [-0.25, -0.2) is 14.5 Å². The van der Waals surface area contributed by atoms with E-state index in [1.54, 1.807) is 32.3 Å². The van der Waals surface area contributed by atoms with Gasteiger partial charge in [0.05, 0.1) is 6.61 Å². The van der Waals surface area contributed by atoms with Crippen LogP contribution in [0.5, 0.6) is 5.88 Å². The lowest BCUT2D eigenvalue weighted by molar-refractivity contribution is -0.161. The van der Waals surface area contributed by atoms with Crippen LogP contribution in [-0.4, -0.2) is 54.9 Å². The van der Waals surface area contributed by atoms with E-state index in [1.165, 1.54) is 11.0 Å². The molecule has 26 heavy (non-hydrogen) atoms. The summed E-state index contributed by atoms with van der Waals surface area (Å²) in [6, 6.07) is 3.53. The second kappa shape index (κ2) is 9.81. The fourth-order valence-electron chi connectivity index (χ4n) is 2.14. The summed E-state index contributed by atoms with van der Waals surface area (Å²) in [6.45, 7) is 4.17. The standard InChI is InChI=1S/C17H25N5O4/c1-17(2,16(23)24)26-11-7-5-3-4-6-10-25-15-9-8-14(20-21-15)22-13-18-12-19-22/h8-9,12-13H,3-7,10-11H2,1-2H3,(H,23,24). The lowest BCUT2D eigenvalue weighted by Gasteiger charge is -2.19. The van der Waals surface area contributed by atoms with Gasteiger partial charge in [-0.05, 0) is 32.8 Å². The molecule has 0 amide bonds. The van der Waals surface area contributed by atoms with Crippen molar-refractivity contribution in [3.05, 3.63) is 24.8 Å². The van der Waals surface area contributed by atoms with Crippen molar-refractivity contribution < 1.29 is 19.4 Å². The van der Waals surface area contributed by atoms with Crippen molar-refractivity contribution in [2.24, 2.45) is 0 Å². The maximum Gasteiger partial charge on any atom is 0.335 e. The van der Waals surface area contributed by atoms with Crippen molar-refractivity contribution in [2.75, 3.05) is 13.2 Å². The van der Waals surface area contributed by atoms with Crippen LogP contribution in [0.3, 0.4) is 0 Å². The van der Waals surface area contributed by atoms with Crippen LogP contribution in [0, 0.1) is 0 Å². The van der Waals surface area contributed by atoms with Gasteiger partial charge in [0.1, 0.15) is 12.7 Å². The first-order valence-corrected chi connectivity index (χ1v) is 8.68. The van der Waals surface area contributed by atoms with Gasteiger partial charge < -0.3 is 14.6 Å². The molecule has 2 aromatic heterocycles. The Morgan fingerprint density at radius 2 is 1.85 bits per heavy atom. The van der Waals surface area contributed by atoms with E-state index >= 15 is 0 Å². The third-order valence-electron chi connectivity index (χ3n) is 3.80. The van der Waals surface area contributed by atoms with E-state index in [4.69, 9.17) is 14.6 Å². The zero-order valence-electron chi connectivity index (χ0n) is 15.2. The normalized spacial score (nSPS) is 11.5. The molecule has 0 spiro atoms. The van der Waals surface area contributed by atoms with E-state index in [-0.39, 0.29) is 0 Å². The van der Waals surface area contributed by atoms with E-state index in [0.29, 0.717) is 24.9 Å². The number of hydrogen-bond acceptors (Lipinski definition) is 7. The Bertz CT molecular complexity index is 658. The minimum atomic E-state index is -1.11. The Labute approximate surface area is 152 Å². The molecule has 0 bridgehead atoms. The second-order valence-electron chi connectivity index (χ2n) is 6.35. The molecule has 0 aliphatic carbocycles. The molecule has 0 saturated heterocycles. The van der Waals surface area contributed by atoms with Gasteiger partial charge in [-0.15, -0.1) is 10.2 Å². The van der Waals surface area contributed by atoms with Crippen LogP contribution >= 0.6 is 0 Å². The molecule has 0 radical (unpaired) electrons. The quantitative estimate of drug-likeness (QED) is 0.572. The predicted octanol–water partition coefficient (Wildman–Crippen LogP) is 2.27. The number of hydrogen-bond donors (Lipinski definition) is 1. The SMILES string of the molecule is CC(C)(OCCCCCCCOc1ccc(-n2cncn2)nn1)C(=O)O. The minimum Gasteiger partial charge on any atom is -0.479 e. The van der Waals surface area contributed by atoms with Gasteiger partial charge in [0.25, 0.3) is 0 Å². The van der Waals surface area contributed by atoms with Gasteiger partial charge >= 0.3 is 5.97 Å². The molecule has 0 saturated carbocycles. The molecule has 0 atom stereocenters. The number of aromatic nitrogens is 5. The predicted molar refractivity (Wildman–Crippen MR) is 93.2 cm³/mol. The minimum absolute atomic E-state index is 0.462. The monoisotopic (exact) mass is 363 g/mol. The number of carboxylic acids is 1. The number of ether oxygens (including phenoxy) is 2. The summed E-state index contributed by atoms with van der Waals surface area (Å²) >= 11 is 0. The number of nitrogens with zero attached hydrogens (tertiary/aromatic N) is 5. The van der Waals surface area contributed by atoms with E-state index < -0.39 is 11.6 Å². The summed E-state index contributed by atoms with van der Waals surface area (Å²) in [6.07, 6.45) is 7.86. The maximum atomic E-state index is 10.9. The Morgan fingerprint density at radius 1 is 1.12 bits per heavy atom. The van der Waals surface area contributed by atoms with E-state index in [1.807, 2.05) is 0 Å². The molecule has 0 aliphatic heterocycles. The highest BCUT2D eigenvalue weighted by atomic mass is 16.5. The van der Waals surface area contributed by atoms with Gasteiger partial charge in [-0.1, -0.05) is 19.3 Å². The summed E-state index contributed by atoms with van der Waals surface area (Å²) in [7, 11) is 0. The molecule has 0 unspecified atom stereocenters. The van der Waals surface area contributed by atoms with Gasteiger partial charge in [0.15, 0.2) is 11.4 Å². The summed E-state index contributed by atoms with van der Waals surface area (Å²) in [4.78, 5) is 14.8. The van der Waals surface area contributed by atoms with Crippen LogP contribution in [0.2, 0.25) is 0 Å². The molecule has 0 fully saturated rings. The number of carbonyl (C=O) groups is 1. The molecule has 2 heterocycles. The highest BCUT2D eigenvalue weighted by Gasteiger charge is 2.27. The summed E-state index contributed by atoms with van der Waals surface area (Å²) in [5.74, 6) is 0.133. The Balaban J connectivity index is 1.51. The zero-order valence-corrected chi connectivity index (χ0v) is 15.2. The highest BCUT2D eigenvalue weighted by molar-refractivity contribution is 5.76. The number of rotatable bonds is 12. The van der Waals surface area contributed by atoms with Crippen LogP contribution < -0.4 is 4.74 Å². The lowest BCUT2D eigenvalue weighted by atomic mass is 10.1. The molecular formula is C17H25N5O4. The molecule has 9 nitrogen and oxygen atoms in total. The van der Waals surface area contributed by atoms with E-state index in [0.717, 1.165) is 32.1 Å². The molecule has 2 aromatic rings. The first-order valence-electron chi connectivity index (χ1n) is 8.68. The van der Waals surface area contributed by atoms with Crippen LogP contribution in [0.15, 0.2) is 24.8 Å². The summed E-state index contributed by atoms with van der Waals surface area (Å²) in [5, 5.41) is 21.0. The fraction of sp³-hybridized carbons (Fsp3) is 0.588. The molecule has 9 heteroatoms. The average molecular weight is 363 g/mol. The van der Waals surface area contributed by atoms with Crippen molar-refractivity contribution in [1.82, 2.24) is 25.0 Å². The number of unbranched alkanes of at least 4 members (excludes halogenated alkanes) is 4. The van der Waals surface area contributed by atoms with Crippen molar-refractivity contribution in [1.29, 1.82) is 0 Å². The molecule has 0 aromatic carbocycles. The summed E-state index contributed by atoms with van der Waals surface area (Å²) in [5.41, 5.74) is -1.11. The number of aliphatic carboxylic acids is 1. The third kappa shape index (κ3) is 6.40. The molecule has 0 aliphatic rings. The van der Waals surface area contributed by atoms with Crippen molar-refractivity contribution in [2.45, 2.75) is 51.6 Å².